The maximum atomic E-state index is 12.9. The van der Waals surface area contributed by atoms with E-state index in [0.717, 1.165) is 22.7 Å². The molecule has 0 aromatic heterocycles. The predicted octanol–water partition coefficient (Wildman–Crippen LogP) is 4.79. The van der Waals surface area contributed by atoms with Gasteiger partial charge in [0.2, 0.25) is 0 Å². The summed E-state index contributed by atoms with van der Waals surface area (Å²) in [6, 6.07) is 16.3. The molecule has 11 nitrogen and oxygen atoms in total. The van der Waals surface area contributed by atoms with Gasteiger partial charge in [0.1, 0.15) is 4.90 Å². The fourth-order valence-corrected chi connectivity index (χ4v) is 5.48. The van der Waals surface area contributed by atoms with Crippen LogP contribution in [0.4, 0.5) is 10.5 Å². The summed E-state index contributed by atoms with van der Waals surface area (Å²) in [4.78, 5) is 36.8. The number of nitriles is 1. The number of carbonyl (C=O) groups excluding carboxylic acids is 2. The molecule has 0 aliphatic carbocycles. The van der Waals surface area contributed by atoms with Crippen molar-refractivity contribution in [2.75, 3.05) is 7.11 Å². The standard InChI is InChI=1S/C26H19N3O8S2/c1-16-7-9-20(13-21(16)29(32)33)39(34,35)37-22-10-8-17(11-23(22)36-2)12-24-25(30)28(26(31)38-24)15-19-6-4-3-5-18(19)14-27/h3-13H,15H2,1-2H3/b24-12-. The Morgan fingerprint density at radius 2 is 1.85 bits per heavy atom. The number of hydrogen-bond donors (Lipinski definition) is 0. The van der Waals surface area contributed by atoms with Gasteiger partial charge in [-0.2, -0.15) is 13.7 Å². The second kappa shape index (κ2) is 11.0. The molecule has 198 valence electrons. The first-order chi connectivity index (χ1) is 18.5. The van der Waals surface area contributed by atoms with Crippen LogP contribution >= 0.6 is 11.8 Å². The lowest BCUT2D eigenvalue weighted by Gasteiger charge is -2.13. The van der Waals surface area contributed by atoms with Crippen molar-refractivity contribution < 1.29 is 31.9 Å². The second-order valence-electron chi connectivity index (χ2n) is 8.19. The van der Waals surface area contributed by atoms with Crippen molar-refractivity contribution in [3.8, 4) is 17.6 Å². The van der Waals surface area contributed by atoms with E-state index >= 15 is 0 Å². The Hall–Kier alpha value is -4.67. The van der Waals surface area contributed by atoms with Gasteiger partial charge >= 0.3 is 10.1 Å². The molecule has 1 aliphatic rings. The maximum Gasteiger partial charge on any atom is 0.339 e. The monoisotopic (exact) mass is 565 g/mol. The topological polar surface area (TPSA) is 157 Å². The zero-order valence-electron chi connectivity index (χ0n) is 20.5. The third-order valence-corrected chi connectivity index (χ3v) is 7.83. The van der Waals surface area contributed by atoms with Crippen LogP contribution in [-0.4, -0.2) is 36.5 Å². The van der Waals surface area contributed by atoms with Crippen LogP contribution in [0.1, 0.15) is 22.3 Å². The molecule has 0 radical (unpaired) electrons. The van der Waals surface area contributed by atoms with E-state index in [1.165, 1.54) is 50.4 Å². The summed E-state index contributed by atoms with van der Waals surface area (Å²) < 4.78 is 36.1. The molecule has 0 saturated carbocycles. The lowest BCUT2D eigenvalue weighted by Crippen LogP contribution is -2.27. The first kappa shape index (κ1) is 27.4. The van der Waals surface area contributed by atoms with Crippen molar-refractivity contribution in [2.45, 2.75) is 18.4 Å². The van der Waals surface area contributed by atoms with E-state index in [9.17, 15) is 33.4 Å². The number of rotatable bonds is 8. The molecule has 4 rings (SSSR count). The molecule has 0 unspecified atom stereocenters. The molecule has 39 heavy (non-hydrogen) atoms. The van der Waals surface area contributed by atoms with Gasteiger partial charge in [0.25, 0.3) is 16.8 Å². The van der Waals surface area contributed by atoms with Crippen molar-refractivity contribution >= 4 is 44.8 Å². The summed E-state index contributed by atoms with van der Waals surface area (Å²) in [6.07, 6.45) is 1.45. The number of amides is 2. The first-order valence-corrected chi connectivity index (χ1v) is 13.4. The summed E-state index contributed by atoms with van der Waals surface area (Å²) in [5.74, 6) is -0.712. The van der Waals surface area contributed by atoms with E-state index in [1.54, 1.807) is 24.3 Å². The average molecular weight is 566 g/mol. The molecule has 1 fully saturated rings. The number of benzene rings is 3. The van der Waals surface area contributed by atoms with Gasteiger partial charge in [0, 0.05) is 11.6 Å². The van der Waals surface area contributed by atoms with Crippen LogP contribution in [0, 0.1) is 28.4 Å². The number of ether oxygens (including phenoxy) is 1. The third kappa shape index (κ3) is 5.77. The van der Waals surface area contributed by atoms with E-state index in [1.807, 2.05) is 6.07 Å². The van der Waals surface area contributed by atoms with Crippen LogP contribution in [0.3, 0.4) is 0 Å². The van der Waals surface area contributed by atoms with Gasteiger partial charge in [-0.15, -0.1) is 0 Å². The second-order valence-corrected chi connectivity index (χ2v) is 10.7. The molecular formula is C26H19N3O8S2. The first-order valence-electron chi connectivity index (χ1n) is 11.1. The normalized spacial score (nSPS) is 14.4. The molecule has 1 saturated heterocycles. The van der Waals surface area contributed by atoms with Gasteiger partial charge in [-0.25, -0.2) is 0 Å². The number of nitro groups is 1. The van der Waals surface area contributed by atoms with Crippen LogP contribution in [0.25, 0.3) is 6.08 Å². The molecule has 0 N–H and O–H groups in total. The Labute approximate surface area is 227 Å². The SMILES string of the molecule is COc1cc(/C=C2\SC(=O)N(Cc3ccccc3C#N)C2=O)ccc1OS(=O)(=O)c1ccc(C)c([N+](=O)[O-])c1. The Morgan fingerprint density at radius 3 is 2.54 bits per heavy atom. The van der Waals surface area contributed by atoms with Crippen molar-refractivity contribution in [2.24, 2.45) is 0 Å². The van der Waals surface area contributed by atoms with Crippen LogP contribution in [0.2, 0.25) is 0 Å². The van der Waals surface area contributed by atoms with Crippen molar-refractivity contribution in [3.05, 3.63) is 97.9 Å². The minimum atomic E-state index is -4.45. The highest BCUT2D eigenvalue weighted by molar-refractivity contribution is 8.18. The Balaban J connectivity index is 1.57. The number of nitrogens with zero attached hydrogens (tertiary/aromatic N) is 3. The molecule has 0 spiro atoms. The number of methoxy groups -OCH3 is 1. The van der Waals surface area contributed by atoms with Gasteiger partial charge in [-0.3, -0.25) is 24.6 Å². The molecule has 1 heterocycles. The lowest BCUT2D eigenvalue weighted by molar-refractivity contribution is -0.385. The van der Waals surface area contributed by atoms with Crippen molar-refractivity contribution in [3.63, 3.8) is 0 Å². The van der Waals surface area contributed by atoms with Crippen LogP contribution in [0.5, 0.6) is 11.5 Å². The fraction of sp³-hybridized carbons (Fsp3) is 0.115. The quantitative estimate of drug-likeness (QED) is 0.161. The Morgan fingerprint density at radius 1 is 1.10 bits per heavy atom. The van der Waals surface area contributed by atoms with Crippen LogP contribution in [0.15, 0.2) is 70.5 Å². The summed E-state index contributed by atoms with van der Waals surface area (Å²) in [5.41, 5.74) is 1.24. The van der Waals surface area contributed by atoms with Crippen LogP contribution in [-0.2, 0) is 21.5 Å². The highest BCUT2D eigenvalue weighted by atomic mass is 32.2. The number of imide groups is 1. The van der Waals surface area contributed by atoms with Crippen molar-refractivity contribution in [1.29, 1.82) is 5.26 Å². The molecule has 13 heteroatoms. The number of thioether (sulfide) groups is 1. The summed E-state index contributed by atoms with van der Waals surface area (Å²) in [7, 11) is -3.16. The number of aryl methyl sites for hydroxylation is 1. The molecular weight excluding hydrogens is 546 g/mol. The number of nitro benzene ring substituents is 1. The van der Waals surface area contributed by atoms with E-state index in [2.05, 4.69) is 0 Å². The number of hydrogen-bond acceptors (Lipinski definition) is 10. The Kier molecular flexibility index (Phi) is 7.70. The predicted molar refractivity (Wildman–Crippen MR) is 141 cm³/mol. The highest BCUT2D eigenvalue weighted by Crippen LogP contribution is 2.36. The van der Waals surface area contributed by atoms with E-state index in [0.29, 0.717) is 22.3 Å². The molecule has 0 bridgehead atoms. The number of carbonyl (C=O) groups is 2. The largest absolute Gasteiger partial charge is 0.493 e. The van der Waals surface area contributed by atoms with Gasteiger partial charge in [-0.05, 0) is 60.2 Å². The maximum absolute atomic E-state index is 12.9. The molecule has 3 aromatic rings. The zero-order valence-corrected chi connectivity index (χ0v) is 22.1. The van der Waals surface area contributed by atoms with Gasteiger partial charge < -0.3 is 8.92 Å². The lowest BCUT2D eigenvalue weighted by atomic mass is 10.1. The average Bonchev–Trinajstić information content (AvgIpc) is 3.16. The smallest absolute Gasteiger partial charge is 0.339 e. The summed E-state index contributed by atoms with van der Waals surface area (Å²) in [6.45, 7) is 1.42. The van der Waals surface area contributed by atoms with Gasteiger partial charge in [-0.1, -0.05) is 30.3 Å². The fourth-order valence-electron chi connectivity index (χ4n) is 3.68. The zero-order chi connectivity index (χ0) is 28.3. The summed E-state index contributed by atoms with van der Waals surface area (Å²) >= 11 is 0.732. The van der Waals surface area contributed by atoms with E-state index in [-0.39, 0.29) is 28.6 Å². The minimum absolute atomic E-state index is 0.0103. The summed E-state index contributed by atoms with van der Waals surface area (Å²) in [5, 5.41) is 20.0. The highest BCUT2D eigenvalue weighted by Gasteiger charge is 2.35. The van der Waals surface area contributed by atoms with E-state index in [4.69, 9.17) is 8.92 Å². The third-order valence-electron chi connectivity index (χ3n) is 5.69. The van der Waals surface area contributed by atoms with Crippen LogP contribution < -0.4 is 8.92 Å². The molecule has 3 aromatic carbocycles. The molecule has 1 aliphatic heterocycles. The van der Waals surface area contributed by atoms with Gasteiger partial charge in [0.15, 0.2) is 11.5 Å². The Bertz CT molecular complexity index is 1690. The molecule has 0 atom stereocenters. The minimum Gasteiger partial charge on any atom is -0.493 e. The van der Waals surface area contributed by atoms with E-state index < -0.39 is 31.1 Å². The van der Waals surface area contributed by atoms with Crippen molar-refractivity contribution in [1.82, 2.24) is 4.90 Å². The van der Waals surface area contributed by atoms with Gasteiger partial charge in [0.05, 0.1) is 35.1 Å². The molecule has 2 amide bonds.